The zero-order valence-electron chi connectivity index (χ0n) is 14.6. The highest BCUT2D eigenvalue weighted by atomic mass is 19.1. The second-order valence-corrected chi connectivity index (χ2v) is 7.78. The van der Waals surface area contributed by atoms with Gasteiger partial charge in [0.15, 0.2) is 0 Å². The van der Waals surface area contributed by atoms with Crippen LogP contribution < -0.4 is 5.32 Å². The van der Waals surface area contributed by atoms with Crippen LogP contribution in [0.4, 0.5) is 10.1 Å². The van der Waals surface area contributed by atoms with E-state index in [0.29, 0.717) is 23.3 Å². The maximum Gasteiger partial charge on any atom is 0.293 e. The van der Waals surface area contributed by atoms with E-state index in [-0.39, 0.29) is 11.7 Å². The molecule has 1 aromatic heterocycles. The molecule has 1 saturated heterocycles. The number of likely N-dealkylation sites (tertiary alicyclic amines) is 1. The number of aromatic nitrogens is 3. The molecule has 136 valence electrons. The average molecular weight is 355 g/mol. The van der Waals surface area contributed by atoms with Gasteiger partial charge in [-0.1, -0.05) is 12.5 Å². The number of amides is 1. The van der Waals surface area contributed by atoms with Crippen molar-refractivity contribution in [3.05, 3.63) is 41.7 Å². The lowest BCUT2D eigenvalue weighted by molar-refractivity contribution is 0.100. The molecule has 1 N–H and O–H groups in total. The van der Waals surface area contributed by atoms with Gasteiger partial charge in [0.2, 0.25) is 5.82 Å². The predicted octanol–water partition coefficient (Wildman–Crippen LogP) is 2.33. The smallest absolute Gasteiger partial charge is 0.293 e. The molecular formula is C19H22FN5O. The quantitative estimate of drug-likeness (QED) is 0.918. The molecule has 2 aromatic rings. The summed E-state index contributed by atoms with van der Waals surface area (Å²) in [5.41, 5.74) is 0.429. The highest BCUT2D eigenvalue weighted by molar-refractivity contribution is 6.01. The zero-order valence-corrected chi connectivity index (χ0v) is 14.6. The maximum absolute atomic E-state index is 13.3. The van der Waals surface area contributed by atoms with E-state index in [2.05, 4.69) is 20.4 Å². The van der Waals surface area contributed by atoms with E-state index in [4.69, 9.17) is 0 Å². The minimum Gasteiger partial charge on any atom is -0.319 e. The van der Waals surface area contributed by atoms with Crippen LogP contribution in [0.15, 0.2) is 24.3 Å². The van der Waals surface area contributed by atoms with Crippen LogP contribution in [-0.2, 0) is 13.0 Å². The Labute approximate surface area is 151 Å². The maximum atomic E-state index is 13.3. The van der Waals surface area contributed by atoms with Crippen LogP contribution in [0.2, 0.25) is 0 Å². The molecule has 7 heteroatoms. The Balaban J connectivity index is 1.32. The number of carbonyl (C=O) groups is 1. The number of nitrogens with zero attached hydrogens (tertiary/aromatic N) is 4. The fraction of sp³-hybridized carbons (Fsp3) is 0.526. The van der Waals surface area contributed by atoms with Gasteiger partial charge in [0.1, 0.15) is 11.6 Å². The summed E-state index contributed by atoms with van der Waals surface area (Å²) in [6, 6.07) is 6.65. The number of rotatable bonds is 3. The van der Waals surface area contributed by atoms with E-state index in [1.807, 2.05) is 4.57 Å². The molecule has 2 aliphatic heterocycles. The molecule has 2 fully saturated rings. The summed E-state index contributed by atoms with van der Waals surface area (Å²) < 4.78 is 15.3. The number of hydrogen-bond acceptors (Lipinski definition) is 4. The summed E-state index contributed by atoms with van der Waals surface area (Å²) in [6.07, 6.45) is 4.89. The van der Waals surface area contributed by atoms with Crippen LogP contribution >= 0.6 is 0 Å². The van der Waals surface area contributed by atoms with Crippen molar-refractivity contribution < 1.29 is 9.18 Å². The summed E-state index contributed by atoms with van der Waals surface area (Å²) in [5, 5.41) is 11.1. The van der Waals surface area contributed by atoms with Gasteiger partial charge in [-0.2, -0.15) is 0 Å². The Kier molecular flexibility index (Phi) is 3.77. The first kappa shape index (κ1) is 15.9. The number of nitrogens with one attached hydrogen (secondary N) is 1. The Morgan fingerprint density at radius 2 is 2.00 bits per heavy atom. The molecule has 1 saturated carbocycles. The number of benzene rings is 1. The van der Waals surface area contributed by atoms with Crippen LogP contribution in [0.1, 0.15) is 35.7 Å². The summed E-state index contributed by atoms with van der Waals surface area (Å²) in [7, 11) is 0. The van der Waals surface area contributed by atoms with Crippen molar-refractivity contribution in [3.63, 3.8) is 0 Å². The number of anilines is 1. The van der Waals surface area contributed by atoms with Gasteiger partial charge in [0.05, 0.1) is 0 Å². The molecule has 0 spiro atoms. The van der Waals surface area contributed by atoms with Gasteiger partial charge in [0, 0.05) is 37.8 Å². The molecule has 1 aliphatic carbocycles. The Bertz CT molecular complexity index is 846. The van der Waals surface area contributed by atoms with Crippen molar-refractivity contribution in [2.24, 2.45) is 11.8 Å². The Morgan fingerprint density at radius 3 is 2.77 bits per heavy atom. The number of hydrogen-bond donors (Lipinski definition) is 1. The molecule has 26 heavy (non-hydrogen) atoms. The van der Waals surface area contributed by atoms with Gasteiger partial charge in [0.25, 0.3) is 5.91 Å². The lowest BCUT2D eigenvalue weighted by Crippen LogP contribution is -2.38. The van der Waals surface area contributed by atoms with E-state index in [9.17, 15) is 9.18 Å². The lowest BCUT2D eigenvalue weighted by Gasteiger charge is -2.34. The molecular weight excluding hydrogens is 333 g/mol. The minimum atomic E-state index is -0.379. The van der Waals surface area contributed by atoms with Crippen LogP contribution in [0.3, 0.4) is 0 Å². The molecule has 6 nitrogen and oxygen atoms in total. The second-order valence-electron chi connectivity index (χ2n) is 7.78. The van der Waals surface area contributed by atoms with E-state index < -0.39 is 0 Å². The molecule has 1 amide bonds. The van der Waals surface area contributed by atoms with E-state index in [0.717, 1.165) is 37.9 Å². The largest absolute Gasteiger partial charge is 0.319 e. The van der Waals surface area contributed by atoms with Crippen molar-refractivity contribution in [2.45, 2.75) is 38.3 Å². The van der Waals surface area contributed by atoms with Crippen LogP contribution in [-0.4, -0.2) is 44.7 Å². The third-order valence-corrected chi connectivity index (χ3v) is 6.17. The van der Waals surface area contributed by atoms with Gasteiger partial charge in [-0.05, 0) is 42.9 Å². The van der Waals surface area contributed by atoms with Crippen molar-refractivity contribution in [3.8, 4) is 0 Å². The molecule has 0 radical (unpaired) electrons. The van der Waals surface area contributed by atoms with E-state index in [1.165, 1.54) is 31.4 Å². The number of fused-ring (bicyclic) bond motifs is 2. The highest BCUT2D eigenvalue weighted by Gasteiger charge is 2.42. The van der Waals surface area contributed by atoms with Gasteiger partial charge >= 0.3 is 0 Å². The third kappa shape index (κ3) is 2.70. The molecule has 3 aliphatic rings. The molecule has 3 heterocycles. The van der Waals surface area contributed by atoms with E-state index >= 15 is 0 Å². The molecule has 0 bridgehead atoms. The Hall–Kier alpha value is -2.28. The summed E-state index contributed by atoms with van der Waals surface area (Å²) >= 11 is 0. The summed E-state index contributed by atoms with van der Waals surface area (Å²) in [4.78, 5) is 15.2. The monoisotopic (exact) mass is 355 g/mol. The van der Waals surface area contributed by atoms with Gasteiger partial charge in [-0.25, -0.2) is 4.39 Å². The van der Waals surface area contributed by atoms with Gasteiger partial charge in [-0.3, -0.25) is 9.69 Å². The fourth-order valence-electron chi connectivity index (χ4n) is 4.53. The van der Waals surface area contributed by atoms with Crippen molar-refractivity contribution in [1.82, 2.24) is 19.7 Å². The van der Waals surface area contributed by atoms with Crippen molar-refractivity contribution >= 4 is 11.6 Å². The van der Waals surface area contributed by atoms with E-state index in [1.54, 1.807) is 12.1 Å². The molecule has 0 unspecified atom stereocenters. The number of carbonyl (C=O) groups excluding carboxylic acids is 1. The first-order valence-electron chi connectivity index (χ1n) is 9.40. The Morgan fingerprint density at radius 1 is 1.15 bits per heavy atom. The summed E-state index contributed by atoms with van der Waals surface area (Å²) in [5.74, 6) is 1.68. The SMILES string of the molecule is O=C(Nc1cccc(F)c1)c1nnc2n1C[C@H]1CN(C3CCC3)C[C@@H]1C2. The average Bonchev–Trinajstić information content (AvgIpc) is 3.13. The van der Waals surface area contributed by atoms with Crippen LogP contribution in [0.25, 0.3) is 0 Å². The predicted molar refractivity (Wildman–Crippen MR) is 94.3 cm³/mol. The normalized spacial score (nSPS) is 25.4. The van der Waals surface area contributed by atoms with Gasteiger partial charge < -0.3 is 9.88 Å². The van der Waals surface area contributed by atoms with Crippen LogP contribution in [0, 0.1) is 17.7 Å². The standard InChI is InChI=1S/C19H22FN5O/c20-14-3-1-4-15(8-14)21-19(26)18-23-22-17-7-12-9-24(16-5-2-6-16)10-13(12)11-25(17)18/h1,3-4,8,12-13,16H,2,5-7,9-11H2,(H,21,26)/t12-,13+/m0/s1. The topological polar surface area (TPSA) is 63.1 Å². The lowest BCUT2D eigenvalue weighted by atomic mass is 9.89. The van der Waals surface area contributed by atoms with Gasteiger partial charge in [-0.15, -0.1) is 10.2 Å². The fourth-order valence-corrected chi connectivity index (χ4v) is 4.53. The molecule has 2 atom stereocenters. The highest BCUT2D eigenvalue weighted by Crippen LogP contribution is 2.37. The van der Waals surface area contributed by atoms with Crippen LogP contribution in [0.5, 0.6) is 0 Å². The number of halogens is 1. The second kappa shape index (κ2) is 6.16. The van der Waals surface area contributed by atoms with Crippen molar-refractivity contribution in [1.29, 1.82) is 0 Å². The minimum absolute atomic E-state index is 0.324. The van der Waals surface area contributed by atoms with Crippen molar-refractivity contribution in [2.75, 3.05) is 18.4 Å². The third-order valence-electron chi connectivity index (χ3n) is 6.17. The summed E-state index contributed by atoms with van der Waals surface area (Å²) in [6.45, 7) is 3.05. The first-order chi connectivity index (χ1) is 12.7. The zero-order chi connectivity index (χ0) is 17.7. The molecule has 5 rings (SSSR count). The molecule has 1 aromatic carbocycles. The first-order valence-corrected chi connectivity index (χ1v) is 9.40.